The molecule has 0 saturated heterocycles. The van der Waals surface area contributed by atoms with E-state index in [0.29, 0.717) is 6.54 Å². The van der Waals surface area contributed by atoms with Gasteiger partial charge in [0.05, 0.1) is 24.0 Å². The zero-order valence-corrected chi connectivity index (χ0v) is 17.2. The summed E-state index contributed by atoms with van der Waals surface area (Å²) in [7, 11) is -3.10. The molecule has 0 saturated carbocycles. The highest BCUT2D eigenvalue weighted by Crippen LogP contribution is 2.31. The summed E-state index contributed by atoms with van der Waals surface area (Å²) in [5.74, 6) is -0.579. The molecule has 156 valence electrons. The molecule has 0 aliphatic heterocycles. The van der Waals surface area contributed by atoms with Crippen molar-refractivity contribution in [2.24, 2.45) is 0 Å². The van der Waals surface area contributed by atoms with Crippen LogP contribution in [0, 0.1) is 5.82 Å². The Hall–Kier alpha value is -3.20. The van der Waals surface area contributed by atoms with Gasteiger partial charge in [-0.2, -0.15) is 5.10 Å². The Kier molecular flexibility index (Phi) is 5.29. The van der Waals surface area contributed by atoms with Crippen LogP contribution in [0.25, 0.3) is 32.9 Å². The number of hydrogen-bond acceptors (Lipinski definition) is 4. The van der Waals surface area contributed by atoms with Gasteiger partial charge in [0.15, 0.2) is 0 Å². The first-order valence-corrected chi connectivity index (χ1v) is 11.5. The lowest BCUT2D eigenvalue weighted by atomic mass is 10.0. The summed E-state index contributed by atoms with van der Waals surface area (Å²) in [6.45, 7) is 0.495. The number of H-pyrrole nitrogens is 1. The summed E-state index contributed by atoms with van der Waals surface area (Å²) in [5, 5.41) is 8.85. The third-order valence-electron chi connectivity index (χ3n) is 4.94. The van der Waals surface area contributed by atoms with Gasteiger partial charge in [0, 0.05) is 47.3 Å². The first-order valence-electron chi connectivity index (χ1n) is 9.47. The Morgan fingerprint density at radius 1 is 1.23 bits per heavy atom. The molecule has 30 heavy (non-hydrogen) atoms. The number of aryl methyl sites for hydroxylation is 1. The molecule has 0 atom stereocenters. The van der Waals surface area contributed by atoms with Gasteiger partial charge in [-0.3, -0.25) is 9.48 Å². The van der Waals surface area contributed by atoms with Gasteiger partial charge in [-0.15, -0.1) is 0 Å². The molecule has 0 aliphatic rings. The Labute approximate surface area is 172 Å². The number of benzene rings is 2. The van der Waals surface area contributed by atoms with Crippen molar-refractivity contribution >= 4 is 37.6 Å². The number of amides is 1. The number of nitrogens with one attached hydrogen (secondary N) is 2. The zero-order chi connectivity index (χ0) is 21.3. The molecule has 0 radical (unpaired) electrons. The number of fused-ring (bicyclic) bond motifs is 2. The third-order valence-corrected chi connectivity index (χ3v) is 5.89. The monoisotopic (exact) mass is 428 g/mol. The van der Waals surface area contributed by atoms with Crippen LogP contribution in [0.4, 0.5) is 4.39 Å². The van der Waals surface area contributed by atoms with Gasteiger partial charge in [-0.1, -0.05) is 6.07 Å². The van der Waals surface area contributed by atoms with Crippen LogP contribution in [0.15, 0.2) is 48.8 Å². The van der Waals surface area contributed by atoms with Gasteiger partial charge in [0.25, 0.3) is 0 Å². The average Bonchev–Trinajstić information content (AvgIpc) is 3.28. The fourth-order valence-corrected chi connectivity index (χ4v) is 3.91. The van der Waals surface area contributed by atoms with Gasteiger partial charge in [0.1, 0.15) is 15.7 Å². The van der Waals surface area contributed by atoms with Crippen LogP contribution in [0.5, 0.6) is 0 Å². The number of sulfone groups is 1. The van der Waals surface area contributed by atoms with Crippen molar-refractivity contribution in [2.75, 3.05) is 18.6 Å². The molecular formula is C21H21FN4O3S. The number of aromatic amines is 1. The summed E-state index contributed by atoms with van der Waals surface area (Å²) >= 11 is 0. The number of nitrogens with zero attached hydrogens (tertiary/aromatic N) is 2. The molecule has 0 unspecified atom stereocenters. The molecule has 7 nitrogen and oxygen atoms in total. The van der Waals surface area contributed by atoms with E-state index in [0.717, 1.165) is 39.2 Å². The number of carbonyl (C=O) groups is 1. The molecule has 0 fully saturated rings. The summed E-state index contributed by atoms with van der Waals surface area (Å²) in [5.41, 5.74) is 3.60. The maximum atomic E-state index is 13.4. The molecule has 1 amide bonds. The fourth-order valence-electron chi connectivity index (χ4n) is 3.44. The minimum absolute atomic E-state index is 0.0767. The maximum Gasteiger partial charge on any atom is 0.221 e. The summed E-state index contributed by atoms with van der Waals surface area (Å²) < 4.78 is 37.4. The molecule has 2 aromatic heterocycles. The molecule has 0 spiro atoms. The maximum absolute atomic E-state index is 13.4. The summed E-state index contributed by atoms with van der Waals surface area (Å²) in [4.78, 5) is 15.0. The fraction of sp³-hybridized carbons (Fsp3) is 0.238. The van der Waals surface area contributed by atoms with Crippen LogP contribution in [-0.2, 0) is 21.2 Å². The van der Waals surface area contributed by atoms with Gasteiger partial charge in [-0.05, 0) is 35.9 Å². The van der Waals surface area contributed by atoms with Crippen LogP contribution in [0.1, 0.15) is 6.42 Å². The van der Waals surface area contributed by atoms with Crippen molar-refractivity contribution < 1.29 is 17.6 Å². The number of rotatable bonds is 7. The Bertz CT molecular complexity index is 1340. The topological polar surface area (TPSA) is 96.8 Å². The molecule has 4 rings (SSSR count). The lowest BCUT2D eigenvalue weighted by molar-refractivity contribution is -0.121. The number of carbonyl (C=O) groups excluding carboxylic acids is 1. The van der Waals surface area contributed by atoms with Crippen molar-refractivity contribution in [1.29, 1.82) is 0 Å². The molecule has 2 aromatic carbocycles. The van der Waals surface area contributed by atoms with E-state index in [1.165, 1.54) is 12.1 Å². The average molecular weight is 428 g/mol. The Morgan fingerprint density at radius 2 is 2.07 bits per heavy atom. The van der Waals surface area contributed by atoms with Crippen LogP contribution < -0.4 is 5.32 Å². The predicted octanol–water partition coefficient (Wildman–Crippen LogP) is 2.87. The molecule has 0 bridgehead atoms. The number of hydrogen-bond donors (Lipinski definition) is 2. The Morgan fingerprint density at radius 3 is 2.87 bits per heavy atom. The van der Waals surface area contributed by atoms with Gasteiger partial charge < -0.3 is 10.3 Å². The standard InChI is InChI=1S/C21H21FN4O3S/c1-30(28,29)9-7-23-21(27)6-8-26-20-5-2-14(10-15(20)12-25-26)18-13-24-19-11-16(22)3-4-17(18)19/h2-5,10-13,24H,6-9H2,1H3,(H,23,27). The van der Waals surface area contributed by atoms with E-state index in [-0.39, 0.29) is 30.4 Å². The Balaban J connectivity index is 1.48. The zero-order valence-electron chi connectivity index (χ0n) is 16.4. The highest BCUT2D eigenvalue weighted by Gasteiger charge is 2.11. The second-order valence-corrected chi connectivity index (χ2v) is 9.52. The molecule has 2 N–H and O–H groups in total. The summed E-state index contributed by atoms with van der Waals surface area (Å²) in [6.07, 6.45) is 4.94. The van der Waals surface area contributed by atoms with Crippen molar-refractivity contribution in [1.82, 2.24) is 20.1 Å². The molecular weight excluding hydrogens is 407 g/mol. The van der Waals surface area contributed by atoms with Gasteiger partial charge in [-0.25, -0.2) is 12.8 Å². The largest absolute Gasteiger partial charge is 0.360 e. The van der Waals surface area contributed by atoms with Crippen LogP contribution >= 0.6 is 0 Å². The summed E-state index contributed by atoms with van der Waals surface area (Å²) in [6, 6.07) is 10.6. The smallest absolute Gasteiger partial charge is 0.221 e. The van der Waals surface area contributed by atoms with Gasteiger partial charge >= 0.3 is 0 Å². The molecule has 2 heterocycles. The van der Waals surface area contributed by atoms with E-state index in [1.807, 2.05) is 24.4 Å². The third kappa shape index (κ3) is 4.35. The van der Waals surface area contributed by atoms with Crippen molar-refractivity contribution in [3.05, 3.63) is 54.6 Å². The molecule has 4 aromatic rings. The van der Waals surface area contributed by atoms with Gasteiger partial charge in [0.2, 0.25) is 5.91 Å². The van der Waals surface area contributed by atoms with E-state index in [1.54, 1.807) is 16.9 Å². The SMILES string of the molecule is CS(=O)(=O)CCNC(=O)CCn1ncc2cc(-c3c[nH]c4cc(F)ccc34)ccc21. The van der Waals surface area contributed by atoms with E-state index in [2.05, 4.69) is 15.4 Å². The minimum Gasteiger partial charge on any atom is -0.360 e. The quantitative estimate of drug-likeness (QED) is 0.473. The van der Waals surface area contributed by atoms with Crippen molar-refractivity contribution in [3.63, 3.8) is 0 Å². The van der Waals surface area contributed by atoms with Crippen molar-refractivity contribution in [3.8, 4) is 11.1 Å². The highest BCUT2D eigenvalue weighted by atomic mass is 32.2. The minimum atomic E-state index is -3.10. The molecule has 9 heteroatoms. The number of halogens is 1. The van der Waals surface area contributed by atoms with Crippen LogP contribution in [-0.4, -0.2) is 47.6 Å². The normalized spacial score (nSPS) is 11.9. The van der Waals surface area contributed by atoms with E-state index in [4.69, 9.17) is 0 Å². The highest BCUT2D eigenvalue weighted by molar-refractivity contribution is 7.90. The second kappa shape index (κ2) is 7.91. The van der Waals surface area contributed by atoms with E-state index < -0.39 is 9.84 Å². The second-order valence-electron chi connectivity index (χ2n) is 7.26. The molecule has 0 aliphatic carbocycles. The van der Waals surface area contributed by atoms with Crippen molar-refractivity contribution in [2.45, 2.75) is 13.0 Å². The first kappa shape index (κ1) is 20.1. The van der Waals surface area contributed by atoms with Crippen LogP contribution in [0.2, 0.25) is 0 Å². The first-order chi connectivity index (χ1) is 14.3. The number of aromatic nitrogens is 3. The lowest BCUT2D eigenvalue weighted by Gasteiger charge is -2.06. The lowest BCUT2D eigenvalue weighted by Crippen LogP contribution is -2.29. The predicted molar refractivity (Wildman–Crippen MR) is 114 cm³/mol. The van der Waals surface area contributed by atoms with E-state index in [9.17, 15) is 17.6 Å². The van der Waals surface area contributed by atoms with E-state index >= 15 is 0 Å². The van der Waals surface area contributed by atoms with Crippen LogP contribution in [0.3, 0.4) is 0 Å².